The largest absolute Gasteiger partial charge is 0.494 e. The lowest BCUT2D eigenvalue weighted by molar-refractivity contribution is -0.384. The zero-order valence-electron chi connectivity index (χ0n) is 18.9. The van der Waals surface area contributed by atoms with E-state index in [1.165, 1.54) is 43.5 Å². The van der Waals surface area contributed by atoms with Gasteiger partial charge in [-0.3, -0.25) is 29.9 Å². The van der Waals surface area contributed by atoms with Crippen LogP contribution in [0.5, 0.6) is 5.75 Å². The molecular weight excluding hydrogens is 475 g/mol. The zero-order chi connectivity index (χ0) is 25.4. The third-order valence-corrected chi connectivity index (χ3v) is 5.84. The molecule has 2 aromatic carbocycles. The van der Waals surface area contributed by atoms with Crippen LogP contribution in [0.4, 0.5) is 15.8 Å². The van der Waals surface area contributed by atoms with E-state index in [2.05, 4.69) is 5.32 Å². The molecule has 3 aromatic rings. The molecule has 4 rings (SSSR count). The van der Waals surface area contributed by atoms with Crippen molar-refractivity contribution in [3.8, 4) is 11.4 Å². The molecule has 0 saturated carbocycles. The number of halogens is 1. The van der Waals surface area contributed by atoms with E-state index in [9.17, 15) is 24.1 Å². The lowest BCUT2D eigenvalue weighted by Crippen LogP contribution is -2.54. The number of methoxy groups -OCH3 is 1. The number of anilines is 1. The quantitative estimate of drug-likeness (QED) is 0.189. The summed E-state index contributed by atoms with van der Waals surface area (Å²) in [5.41, 5.74) is 2.41. The molecule has 9 nitrogen and oxygen atoms in total. The minimum Gasteiger partial charge on any atom is -0.494 e. The SMILES string of the molecule is COc1cc([N+](=O)[O-])ccc1-n1c(C)cc(/C=C2\C(=O)NC(=S)N(c3cccc(F)c3)C2=O)c1C. The van der Waals surface area contributed by atoms with Crippen LogP contribution in [0.15, 0.2) is 54.1 Å². The molecule has 1 fully saturated rings. The van der Waals surface area contributed by atoms with Crippen LogP contribution in [-0.4, -0.2) is 33.5 Å². The highest BCUT2D eigenvalue weighted by atomic mass is 32.1. The molecule has 1 aliphatic heterocycles. The Kier molecular flexibility index (Phi) is 6.18. The number of aryl methyl sites for hydroxylation is 1. The van der Waals surface area contributed by atoms with E-state index < -0.39 is 22.6 Å². The Bertz CT molecular complexity index is 1450. The molecule has 0 unspecified atom stereocenters. The van der Waals surface area contributed by atoms with Crippen LogP contribution in [0.25, 0.3) is 11.8 Å². The number of nitro groups is 1. The average molecular weight is 495 g/mol. The number of nitrogens with one attached hydrogen (secondary N) is 1. The number of hydrogen-bond donors (Lipinski definition) is 1. The summed E-state index contributed by atoms with van der Waals surface area (Å²) in [6.07, 6.45) is 1.43. The fourth-order valence-electron chi connectivity index (χ4n) is 3.93. The monoisotopic (exact) mass is 494 g/mol. The summed E-state index contributed by atoms with van der Waals surface area (Å²) in [5.74, 6) is -1.64. The van der Waals surface area contributed by atoms with Crippen molar-refractivity contribution < 1.29 is 23.6 Å². The summed E-state index contributed by atoms with van der Waals surface area (Å²) in [6, 6.07) is 11.3. The van der Waals surface area contributed by atoms with Crippen molar-refractivity contribution in [2.45, 2.75) is 13.8 Å². The van der Waals surface area contributed by atoms with Gasteiger partial charge < -0.3 is 9.30 Å². The Balaban J connectivity index is 1.79. The third kappa shape index (κ3) is 4.28. The molecule has 2 amide bonds. The number of rotatable bonds is 5. The van der Waals surface area contributed by atoms with E-state index in [-0.39, 0.29) is 27.8 Å². The van der Waals surface area contributed by atoms with Gasteiger partial charge in [0.05, 0.1) is 29.5 Å². The van der Waals surface area contributed by atoms with Gasteiger partial charge in [0.25, 0.3) is 17.5 Å². The number of non-ortho nitro benzene ring substituents is 1. The molecular formula is C24H19FN4O5S. The van der Waals surface area contributed by atoms with Gasteiger partial charge in [0, 0.05) is 17.5 Å². The number of nitro benzene ring substituents is 1. The van der Waals surface area contributed by atoms with Gasteiger partial charge in [-0.05, 0) is 68.0 Å². The predicted molar refractivity (Wildman–Crippen MR) is 131 cm³/mol. The molecule has 178 valence electrons. The Morgan fingerprint density at radius 1 is 1.14 bits per heavy atom. The van der Waals surface area contributed by atoms with E-state index in [0.717, 1.165) is 16.7 Å². The van der Waals surface area contributed by atoms with E-state index in [1.54, 1.807) is 23.6 Å². The van der Waals surface area contributed by atoms with Crippen molar-refractivity contribution in [2.75, 3.05) is 12.0 Å². The number of hydrogen-bond acceptors (Lipinski definition) is 6. The van der Waals surface area contributed by atoms with E-state index in [1.807, 2.05) is 6.92 Å². The fourth-order valence-corrected chi connectivity index (χ4v) is 4.21. The van der Waals surface area contributed by atoms with Gasteiger partial charge in [0.2, 0.25) is 0 Å². The maximum absolute atomic E-state index is 13.8. The lowest BCUT2D eigenvalue weighted by Gasteiger charge is -2.28. The molecule has 1 saturated heterocycles. The third-order valence-electron chi connectivity index (χ3n) is 5.55. The van der Waals surface area contributed by atoms with Crippen LogP contribution in [0.2, 0.25) is 0 Å². The number of ether oxygens (including phenoxy) is 1. The standard InChI is InChI=1S/C24H19FN4O5S/c1-13-9-15(14(2)27(13)20-8-7-18(29(32)33)12-21(20)34-3)10-19-22(30)26-24(35)28(23(19)31)17-6-4-5-16(25)11-17/h4-12H,1-3H3,(H,26,30,35)/b19-10+. The first kappa shape index (κ1) is 23.8. The van der Waals surface area contributed by atoms with Crippen LogP contribution in [0, 0.1) is 29.8 Å². The van der Waals surface area contributed by atoms with Gasteiger partial charge in [-0.25, -0.2) is 4.39 Å². The van der Waals surface area contributed by atoms with Crippen molar-refractivity contribution >= 4 is 46.6 Å². The molecule has 0 radical (unpaired) electrons. The van der Waals surface area contributed by atoms with Gasteiger partial charge in [0.1, 0.15) is 17.1 Å². The van der Waals surface area contributed by atoms with Gasteiger partial charge in [0.15, 0.2) is 5.11 Å². The molecule has 0 aliphatic carbocycles. The minimum absolute atomic E-state index is 0.117. The van der Waals surface area contributed by atoms with Crippen LogP contribution in [0.1, 0.15) is 17.0 Å². The van der Waals surface area contributed by atoms with Gasteiger partial charge in [-0.1, -0.05) is 6.07 Å². The fraction of sp³-hybridized carbons (Fsp3) is 0.125. The van der Waals surface area contributed by atoms with Crippen molar-refractivity contribution in [1.82, 2.24) is 9.88 Å². The number of nitrogens with zero attached hydrogens (tertiary/aromatic N) is 3. The Hall–Kier alpha value is -4.38. The second-order valence-electron chi connectivity index (χ2n) is 7.71. The highest BCUT2D eigenvalue weighted by Crippen LogP contribution is 2.32. The molecule has 1 aromatic heterocycles. The lowest BCUT2D eigenvalue weighted by atomic mass is 10.1. The van der Waals surface area contributed by atoms with E-state index in [0.29, 0.717) is 16.9 Å². The summed E-state index contributed by atoms with van der Waals surface area (Å²) in [5, 5.41) is 13.5. The number of carbonyl (C=O) groups excluding carboxylic acids is 2. The van der Waals surface area contributed by atoms with Gasteiger partial charge in [-0.15, -0.1) is 0 Å². The first-order valence-electron chi connectivity index (χ1n) is 10.3. The maximum Gasteiger partial charge on any atom is 0.273 e. The van der Waals surface area contributed by atoms with Crippen molar-refractivity contribution in [2.24, 2.45) is 0 Å². The number of benzene rings is 2. The minimum atomic E-state index is -0.693. The number of amides is 2. The predicted octanol–water partition coefficient (Wildman–Crippen LogP) is 3.98. The number of aromatic nitrogens is 1. The molecule has 0 bridgehead atoms. The summed E-state index contributed by atoms with van der Waals surface area (Å²) in [4.78, 5) is 37.6. The van der Waals surface area contributed by atoms with E-state index in [4.69, 9.17) is 17.0 Å². The summed E-state index contributed by atoms with van der Waals surface area (Å²) in [7, 11) is 1.41. The second-order valence-corrected chi connectivity index (χ2v) is 8.10. The molecule has 35 heavy (non-hydrogen) atoms. The molecule has 2 heterocycles. The highest BCUT2D eigenvalue weighted by molar-refractivity contribution is 7.80. The van der Waals surface area contributed by atoms with Crippen LogP contribution in [-0.2, 0) is 9.59 Å². The van der Waals surface area contributed by atoms with Crippen molar-refractivity contribution in [3.63, 3.8) is 0 Å². The topological polar surface area (TPSA) is 107 Å². The van der Waals surface area contributed by atoms with E-state index >= 15 is 0 Å². The second kappa shape index (κ2) is 9.11. The summed E-state index contributed by atoms with van der Waals surface area (Å²) < 4.78 is 20.9. The van der Waals surface area contributed by atoms with Gasteiger partial charge in [-0.2, -0.15) is 0 Å². The van der Waals surface area contributed by atoms with Crippen LogP contribution >= 0.6 is 12.2 Å². The van der Waals surface area contributed by atoms with Crippen LogP contribution in [0.3, 0.4) is 0 Å². The average Bonchev–Trinajstić information content (AvgIpc) is 3.08. The van der Waals surface area contributed by atoms with Crippen molar-refractivity contribution in [1.29, 1.82) is 0 Å². The summed E-state index contributed by atoms with van der Waals surface area (Å²) in [6.45, 7) is 3.59. The Labute approximate surface area is 204 Å². The first-order valence-corrected chi connectivity index (χ1v) is 10.7. The molecule has 1 aliphatic rings. The molecule has 11 heteroatoms. The molecule has 0 atom stereocenters. The Morgan fingerprint density at radius 2 is 1.89 bits per heavy atom. The smallest absolute Gasteiger partial charge is 0.273 e. The Morgan fingerprint density at radius 3 is 2.54 bits per heavy atom. The van der Waals surface area contributed by atoms with Gasteiger partial charge >= 0.3 is 0 Å². The first-order chi connectivity index (χ1) is 16.6. The maximum atomic E-state index is 13.8. The number of thiocarbonyl (C=S) groups is 1. The normalized spacial score (nSPS) is 14.9. The van der Waals surface area contributed by atoms with Crippen molar-refractivity contribution in [3.05, 3.63) is 87.0 Å². The molecule has 1 N–H and O–H groups in total. The molecule has 0 spiro atoms. The highest BCUT2D eigenvalue weighted by Gasteiger charge is 2.35. The number of carbonyl (C=O) groups is 2. The van der Waals surface area contributed by atoms with Crippen LogP contribution < -0.4 is 15.0 Å². The zero-order valence-corrected chi connectivity index (χ0v) is 19.7. The summed E-state index contributed by atoms with van der Waals surface area (Å²) >= 11 is 5.15.